The highest BCUT2D eigenvalue weighted by Gasteiger charge is 2.27. The number of benzene rings is 1. The van der Waals surface area contributed by atoms with Crippen LogP contribution in [0.4, 0.5) is 0 Å². The van der Waals surface area contributed by atoms with Gasteiger partial charge < -0.3 is 25.2 Å². The molecule has 8 nitrogen and oxygen atoms in total. The lowest BCUT2D eigenvalue weighted by molar-refractivity contribution is -0.142. The molecule has 1 aromatic carbocycles. The first-order valence-corrected chi connectivity index (χ1v) is 8.49. The zero-order chi connectivity index (χ0) is 19.1. The fraction of sp³-hybridized carbons (Fsp3) is 0.500. The molecule has 0 saturated heterocycles. The zero-order valence-electron chi connectivity index (χ0n) is 14.9. The van der Waals surface area contributed by atoms with E-state index < -0.39 is 5.97 Å². The molecule has 0 aliphatic heterocycles. The van der Waals surface area contributed by atoms with E-state index in [1.54, 1.807) is 18.2 Å². The second kappa shape index (κ2) is 9.07. The first kappa shape index (κ1) is 19.6. The second-order valence-electron chi connectivity index (χ2n) is 6.19. The van der Waals surface area contributed by atoms with Crippen LogP contribution in [0.1, 0.15) is 36.0 Å². The first-order valence-electron chi connectivity index (χ1n) is 8.49. The summed E-state index contributed by atoms with van der Waals surface area (Å²) in [5.41, 5.74) is 0.412. The maximum atomic E-state index is 12.4. The SMILES string of the molecule is CNC(=O)COc1ccc(C(=O)NC2CCC(C(=O)O)CC2)cc1OC. The second-order valence-corrected chi connectivity index (χ2v) is 6.19. The van der Waals surface area contributed by atoms with E-state index in [4.69, 9.17) is 14.6 Å². The fourth-order valence-electron chi connectivity index (χ4n) is 2.90. The zero-order valence-corrected chi connectivity index (χ0v) is 14.9. The molecule has 0 unspecified atom stereocenters. The first-order chi connectivity index (χ1) is 12.4. The maximum absolute atomic E-state index is 12.4. The van der Waals surface area contributed by atoms with Crippen molar-refractivity contribution in [3.05, 3.63) is 23.8 Å². The largest absolute Gasteiger partial charge is 0.493 e. The Kier molecular flexibility index (Phi) is 6.82. The molecule has 142 valence electrons. The van der Waals surface area contributed by atoms with E-state index in [-0.39, 0.29) is 30.4 Å². The van der Waals surface area contributed by atoms with Gasteiger partial charge in [0.05, 0.1) is 13.0 Å². The Bertz CT molecular complexity index is 668. The molecule has 0 spiro atoms. The molecule has 0 aromatic heterocycles. The predicted molar refractivity (Wildman–Crippen MR) is 93.4 cm³/mol. The van der Waals surface area contributed by atoms with Crippen molar-refractivity contribution in [3.63, 3.8) is 0 Å². The molecule has 0 heterocycles. The van der Waals surface area contributed by atoms with E-state index in [0.29, 0.717) is 42.7 Å². The third-order valence-electron chi connectivity index (χ3n) is 4.48. The molecule has 1 saturated carbocycles. The van der Waals surface area contributed by atoms with Gasteiger partial charge in [-0.3, -0.25) is 14.4 Å². The summed E-state index contributed by atoms with van der Waals surface area (Å²) in [7, 11) is 2.97. The number of aliphatic carboxylic acids is 1. The van der Waals surface area contributed by atoms with Gasteiger partial charge in [-0.15, -0.1) is 0 Å². The van der Waals surface area contributed by atoms with Gasteiger partial charge in [0, 0.05) is 18.7 Å². The Morgan fingerprint density at radius 2 is 1.85 bits per heavy atom. The number of carboxylic acids is 1. The molecule has 0 radical (unpaired) electrons. The number of hydrogen-bond acceptors (Lipinski definition) is 5. The van der Waals surface area contributed by atoms with Crippen LogP contribution in [0, 0.1) is 5.92 Å². The number of hydrogen-bond donors (Lipinski definition) is 3. The molecule has 1 aromatic rings. The fourth-order valence-corrected chi connectivity index (χ4v) is 2.90. The van der Waals surface area contributed by atoms with Crippen LogP contribution in [0.5, 0.6) is 11.5 Å². The van der Waals surface area contributed by atoms with Gasteiger partial charge >= 0.3 is 5.97 Å². The van der Waals surface area contributed by atoms with Crippen molar-refractivity contribution in [1.82, 2.24) is 10.6 Å². The van der Waals surface area contributed by atoms with Gasteiger partial charge in [-0.1, -0.05) is 0 Å². The van der Waals surface area contributed by atoms with Crippen molar-refractivity contribution < 1.29 is 29.0 Å². The number of likely N-dealkylation sites (N-methyl/N-ethyl adjacent to an activating group) is 1. The Hall–Kier alpha value is -2.77. The normalized spacial score (nSPS) is 19.3. The molecule has 0 bridgehead atoms. The van der Waals surface area contributed by atoms with Crippen molar-refractivity contribution >= 4 is 17.8 Å². The summed E-state index contributed by atoms with van der Waals surface area (Å²) < 4.78 is 10.6. The van der Waals surface area contributed by atoms with Gasteiger partial charge in [-0.25, -0.2) is 0 Å². The Morgan fingerprint density at radius 1 is 1.15 bits per heavy atom. The summed E-state index contributed by atoms with van der Waals surface area (Å²) in [4.78, 5) is 34.7. The number of methoxy groups -OCH3 is 1. The number of carbonyl (C=O) groups excluding carboxylic acids is 2. The van der Waals surface area contributed by atoms with E-state index in [0.717, 1.165) is 0 Å². The molecule has 26 heavy (non-hydrogen) atoms. The van der Waals surface area contributed by atoms with E-state index in [9.17, 15) is 14.4 Å². The summed E-state index contributed by atoms with van der Waals surface area (Å²) in [6, 6.07) is 4.70. The Balaban J connectivity index is 1.96. The van der Waals surface area contributed by atoms with Crippen molar-refractivity contribution in [1.29, 1.82) is 0 Å². The summed E-state index contributed by atoms with van der Waals surface area (Å²) >= 11 is 0. The number of amides is 2. The van der Waals surface area contributed by atoms with E-state index in [1.807, 2.05) is 0 Å². The smallest absolute Gasteiger partial charge is 0.306 e. The predicted octanol–water partition coefficient (Wildman–Crippen LogP) is 1.19. The van der Waals surface area contributed by atoms with E-state index in [1.165, 1.54) is 14.2 Å². The standard InChI is InChI=1S/C18H24N2O6/c1-19-16(21)10-26-14-8-5-12(9-15(14)25-2)17(22)20-13-6-3-11(4-7-13)18(23)24/h5,8-9,11,13H,3-4,6-7,10H2,1-2H3,(H,19,21)(H,20,22)(H,23,24). The highest BCUT2D eigenvalue weighted by molar-refractivity contribution is 5.95. The average molecular weight is 364 g/mol. The molecule has 2 amide bonds. The lowest BCUT2D eigenvalue weighted by Crippen LogP contribution is -2.38. The summed E-state index contributed by atoms with van der Waals surface area (Å²) in [6.07, 6.45) is 2.42. The van der Waals surface area contributed by atoms with Gasteiger partial charge in [-0.05, 0) is 43.9 Å². The van der Waals surface area contributed by atoms with Crippen LogP contribution < -0.4 is 20.1 Å². The third kappa shape index (κ3) is 5.11. The van der Waals surface area contributed by atoms with Gasteiger partial charge in [0.15, 0.2) is 18.1 Å². The molecule has 3 N–H and O–H groups in total. The topological polar surface area (TPSA) is 114 Å². The van der Waals surface area contributed by atoms with Gasteiger partial charge in [0.2, 0.25) is 0 Å². The van der Waals surface area contributed by atoms with Crippen molar-refractivity contribution in [2.45, 2.75) is 31.7 Å². The molecule has 1 aliphatic carbocycles. The van der Waals surface area contributed by atoms with E-state index >= 15 is 0 Å². The average Bonchev–Trinajstić information content (AvgIpc) is 2.66. The number of carbonyl (C=O) groups is 3. The van der Waals surface area contributed by atoms with Crippen molar-refractivity contribution in [3.8, 4) is 11.5 Å². The number of rotatable bonds is 7. The molecule has 1 aliphatic rings. The van der Waals surface area contributed by atoms with Crippen LogP contribution in [0.25, 0.3) is 0 Å². The van der Waals surface area contributed by atoms with Crippen molar-refractivity contribution in [2.24, 2.45) is 5.92 Å². The number of carboxylic acid groups (broad SMARTS) is 1. The summed E-state index contributed by atoms with van der Waals surface area (Å²) in [5, 5.41) is 14.4. The van der Waals surface area contributed by atoms with Crippen LogP contribution in [0.15, 0.2) is 18.2 Å². The summed E-state index contributed by atoms with van der Waals surface area (Å²) in [5.74, 6) is -0.886. The molecule has 8 heteroatoms. The van der Waals surface area contributed by atoms with Crippen LogP contribution in [0.2, 0.25) is 0 Å². The molecule has 2 rings (SSSR count). The third-order valence-corrected chi connectivity index (χ3v) is 4.48. The van der Waals surface area contributed by atoms with Crippen LogP contribution in [-0.4, -0.2) is 49.7 Å². The Morgan fingerprint density at radius 3 is 2.42 bits per heavy atom. The van der Waals surface area contributed by atoms with Crippen molar-refractivity contribution in [2.75, 3.05) is 20.8 Å². The highest BCUT2D eigenvalue weighted by Crippen LogP contribution is 2.29. The van der Waals surface area contributed by atoms with Crippen LogP contribution in [0.3, 0.4) is 0 Å². The quantitative estimate of drug-likeness (QED) is 0.670. The van der Waals surface area contributed by atoms with Crippen LogP contribution in [-0.2, 0) is 9.59 Å². The monoisotopic (exact) mass is 364 g/mol. The van der Waals surface area contributed by atoms with E-state index in [2.05, 4.69) is 10.6 Å². The molecule has 1 fully saturated rings. The highest BCUT2D eigenvalue weighted by atomic mass is 16.5. The van der Waals surface area contributed by atoms with Gasteiger partial charge in [0.1, 0.15) is 0 Å². The lowest BCUT2D eigenvalue weighted by atomic mass is 9.86. The minimum Gasteiger partial charge on any atom is -0.493 e. The molecular weight excluding hydrogens is 340 g/mol. The number of nitrogens with one attached hydrogen (secondary N) is 2. The minimum atomic E-state index is -0.771. The number of ether oxygens (including phenoxy) is 2. The molecular formula is C18H24N2O6. The lowest BCUT2D eigenvalue weighted by Gasteiger charge is -2.26. The van der Waals surface area contributed by atoms with Gasteiger partial charge in [-0.2, -0.15) is 0 Å². The van der Waals surface area contributed by atoms with Gasteiger partial charge in [0.25, 0.3) is 11.8 Å². The summed E-state index contributed by atoms with van der Waals surface area (Å²) in [6.45, 7) is -0.148. The minimum absolute atomic E-state index is 0.0340. The molecule has 0 atom stereocenters. The maximum Gasteiger partial charge on any atom is 0.306 e. The van der Waals surface area contributed by atoms with Crippen LogP contribution >= 0.6 is 0 Å². The Labute approximate surface area is 151 Å².